The Balaban J connectivity index is 1.72. The van der Waals surface area contributed by atoms with Crippen LogP contribution in [0.5, 0.6) is 0 Å². The molecule has 2 amide bonds. The van der Waals surface area contributed by atoms with Crippen molar-refractivity contribution in [1.29, 1.82) is 0 Å². The summed E-state index contributed by atoms with van der Waals surface area (Å²) in [6.07, 6.45) is 6.69. The molecule has 1 saturated heterocycles. The number of hydrogen-bond acceptors (Lipinski definition) is 4. The third-order valence-corrected chi connectivity index (χ3v) is 3.93. The van der Waals surface area contributed by atoms with Crippen LogP contribution in [0.1, 0.15) is 24.3 Å². The van der Waals surface area contributed by atoms with Crippen LogP contribution in [0.25, 0.3) is 0 Å². The van der Waals surface area contributed by atoms with Crippen molar-refractivity contribution in [2.75, 3.05) is 33.4 Å². The van der Waals surface area contributed by atoms with Crippen molar-refractivity contribution in [1.82, 2.24) is 20.0 Å². The fourth-order valence-corrected chi connectivity index (χ4v) is 2.46. The van der Waals surface area contributed by atoms with Gasteiger partial charge in [-0.05, 0) is 24.5 Å². The van der Waals surface area contributed by atoms with Crippen LogP contribution in [-0.2, 0) is 20.9 Å². The van der Waals surface area contributed by atoms with E-state index in [4.69, 9.17) is 4.74 Å². The van der Waals surface area contributed by atoms with Gasteiger partial charge in [-0.1, -0.05) is 6.58 Å². The van der Waals surface area contributed by atoms with Crippen molar-refractivity contribution < 1.29 is 14.3 Å². The van der Waals surface area contributed by atoms with Gasteiger partial charge >= 0.3 is 0 Å². The van der Waals surface area contributed by atoms with E-state index in [2.05, 4.69) is 17.0 Å². The Kier molecular flexibility index (Phi) is 6.34. The summed E-state index contributed by atoms with van der Waals surface area (Å²) in [7, 11) is 1.76. The maximum absolute atomic E-state index is 12.2. The molecular formula is C16H24N4O3. The molecule has 0 aromatic carbocycles. The Labute approximate surface area is 136 Å². The van der Waals surface area contributed by atoms with E-state index in [1.807, 2.05) is 12.4 Å². The van der Waals surface area contributed by atoms with Crippen molar-refractivity contribution in [2.45, 2.75) is 25.3 Å². The van der Waals surface area contributed by atoms with Gasteiger partial charge in [0.2, 0.25) is 11.8 Å². The standard InChI is InChI=1S/C16H24N4O3/c1-3-15(21)17-6-4-7-19(2)16(22)11-20-10-14(9-18-20)13-5-8-23-12-13/h3,9-10,13H,1,4-8,11-12H2,2H3,(H,17,21). The molecule has 1 aromatic rings. The first-order valence-corrected chi connectivity index (χ1v) is 7.84. The molecule has 0 spiro atoms. The van der Waals surface area contributed by atoms with Gasteiger partial charge in [0.25, 0.3) is 0 Å². The maximum Gasteiger partial charge on any atom is 0.244 e. The van der Waals surface area contributed by atoms with E-state index in [1.165, 1.54) is 6.08 Å². The van der Waals surface area contributed by atoms with Crippen LogP contribution in [0.15, 0.2) is 25.0 Å². The van der Waals surface area contributed by atoms with E-state index in [0.717, 1.165) is 25.2 Å². The second kappa shape index (κ2) is 8.47. The summed E-state index contributed by atoms with van der Waals surface area (Å²) in [4.78, 5) is 24.8. The molecule has 0 saturated carbocycles. The normalized spacial score (nSPS) is 17.0. The average molecular weight is 320 g/mol. The van der Waals surface area contributed by atoms with Crippen molar-refractivity contribution in [3.05, 3.63) is 30.6 Å². The first kappa shape index (κ1) is 17.2. The van der Waals surface area contributed by atoms with Crippen LogP contribution in [0.2, 0.25) is 0 Å². The number of likely N-dealkylation sites (N-methyl/N-ethyl adjacent to an activating group) is 1. The number of amides is 2. The number of nitrogens with one attached hydrogen (secondary N) is 1. The number of carbonyl (C=O) groups excluding carboxylic acids is 2. The number of rotatable bonds is 8. The van der Waals surface area contributed by atoms with Gasteiger partial charge in [0, 0.05) is 38.9 Å². The molecule has 126 valence electrons. The van der Waals surface area contributed by atoms with Crippen molar-refractivity contribution >= 4 is 11.8 Å². The summed E-state index contributed by atoms with van der Waals surface area (Å²) in [5, 5.41) is 6.95. The molecule has 1 unspecified atom stereocenters. The number of aromatic nitrogens is 2. The predicted octanol–water partition coefficient (Wildman–Crippen LogP) is 0.538. The Hall–Kier alpha value is -2.15. The van der Waals surface area contributed by atoms with Crippen LogP contribution in [0.3, 0.4) is 0 Å². The van der Waals surface area contributed by atoms with Crippen molar-refractivity contribution in [2.24, 2.45) is 0 Å². The van der Waals surface area contributed by atoms with Crippen molar-refractivity contribution in [3.63, 3.8) is 0 Å². The first-order valence-electron chi connectivity index (χ1n) is 7.84. The summed E-state index contributed by atoms with van der Waals surface area (Å²) in [5.74, 6) is 0.196. The highest BCUT2D eigenvalue weighted by Gasteiger charge is 2.19. The SMILES string of the molecule is C=CC(=O)NCCCN(C)C(=O)Cn1cc(C2CCOC2)cn1. The predicted molar refractivity (Wildman–Crippen MR) is 85.9 cm³/mol. The number of carbonyl (C=O) groups is 2. The summed E-state index contributed by atoms with van der Waals surface area (Å²) in [5.41, 5.74) is 1.13. The molecule has 1 N–H and O–H groups in total. The zero-order valence-electron chi connectivity index (χ0n) is 13.5. The zero-order chi connectivity index (χ0) is 16.7. The lowest BCUT2D eigenvalue weighted by atomic mass is 10.0. The fourth-order valence-electron chi connectivity index (χ4n) is 2.46. The van der Waals surface area contributed by atoms with Crippen LogP contribution >= 0.6 is 0 Å². The van der Waals surface area contributed by atoms with E-state index >= 15 is 0 Å². The minimum absolute atomic E-state index is 0.00244. The van der Waals surface area contributed by atoms with Gasteiger partial charge in [-0.3, -0.25) is 14.3 Å². The fraction of sp³-hybridized carbons (Fsp3) is 0.562. The third-order valence-electron chi connectivity index (χ3n) is 3.93. The van der Waals surface area contributed by atoms with E-state index in [1.54, 1.807) is 16.6 Å². The monoisotopic (exact) mass is 320 g/mol. The van der Waals surface area contributed by atoms with Gasteiger partial charge in [0.05, 0.1) is 12.8 Å². The minimum atomic E-state index is -0.195. The molecule has 7 nitrogen and oxygen atoms in total. The van der Waals surface area contributed by atoms with Crippen LogP contribution in [0, 0.1) is 0 Å². The summed E-state index contributed by atoms with van der Waals surface area (Å²) >= 11 is 0. The molecule has 0 bridgehead atoms. The van der Waals surface area contributed by atoms with Crippen molar-refractivity contribution in [3.8, 4) is 0 Å². The molecule has 1 atom stereocenters. The molecule has 0 aliphatic carbocycles. The Morgan fingerprint density at radius 1 is 1.61 bits per heavy atom. The van der Waals surface area contributed by atoms with Gasteiger partial charge in [-0.15, -0.1) is 0 Å². The second-order valence-corrected chi connectivity index (χ2v) is 5.70. The molecular weight excluding hydrogens is 296 g/mol. The highest BCUT2D eigenvalue weighted by molar-refractivity contribution is 5.86. The van der Waals surface area contributed by atoms with Crippen LogP contribution < -0.4 is 5.32 Å². The second-order valence-electron chi connectivity index (χ2n) is 5.70. The Morgan fingerprint density at radius 3 is 3.13 bits per heavy atom. The molecule has 1 aromatic heterocycles. The van der Waals surface area contributed by atoms with E-state index in [0.29, 0.717) is 25.4 Å². The van der Waals surface area contributed by atoms with Crippen LogP contribution in [0.4, 0.5) is 0 Å². The molecule has 23 heavy (non-hydrogen) atoms. The maximum atomic E-state index is 12.2. The topological polar surface area (TPSA) is 76.5 Å². The molecule has 2 rings (SSSR count). The largest absolute Gasteiger partial charge is 0.381 e. The van der Waals surface area contributed by atoms with E-state index in [-0.39, 0.29) is 18.4 Å². The lowest BCUT2D eigenvalue weighted by Gasteiger charge is -2.17. The summed E-state index contributed by atoms with van der Waals surface area (Å²) < 4.78 is 7.04. The molecule has 1 fully saturated rings. The smallest absolute Gasteiger partial charge is 0.244 e. The lowest BCUT2D eigenvalue weighted by Crippen LogP contribution is -2.33. The highest BCUT2D eigenvalue weighted by atomic mass is 16.5. The molecule has 0 radical (unpaired) electrons. The highest BCUT2D eigenvalue weighted by Crippen LogP contribution is 2.24. The molecule has 2 heterocycles. The first-order chi connectivity index (χ1) is 11.1. The van der Waals surface area contributed by atoms with Crippen LogP contribution in [-0.4, -0.2) is 59.8 Å². The molecule has 1 aliphatic heterocycles. The summed E-state index contributed by atoms with van der Waals surface area (Å²) in [6.45, 7) is 6.24. The number of nitrogens with zero attached hydrogens (tertiary/aromatic N) is 3. The van der Waals surface area contributed by atoms with Gasteiger partial charge in [-0.25, -0.2) is 0 Å². The van der Waals surface area contributed by atoms with E-state index in [9.17, 15) is 9.59 Å². The zero-order valence-corrected chi connectivity index (χ0v) is 13.5. The van der Waals surface area contributed by atoms with Gasteiger partial charge in [-0.2, -0.15) is 5.10 Å². The van der Waals surface area contributed by atoms with Gasteiger partial charge < -0.3 is 15.0 Å². The van der Waals surface area contributed by atoms with E-state index < -0.39 is 0 Å². The third kappa shape index (κ3) is 5.21. The average Bonchev–Trinajstić information content (AvgIpc) is 3.21. The van der Waals surface area contributed by atoms with Gasteiger partial charge in [0.1, 0.15) is 6.54 Å². The quantitative estimate of drug-likeness (QED) is 0.560. The Bertz CT molecular complexity index is 549. The molecule has 1 aliphatic rings. The molecule has 7 heteroatoms. The number of hydrogen-bond donors (Lipinski definition) is 1. The summed E-state index contributed by atoms with van der Waals surface area (Å²) in [6, 6.07) is 0. The lowest BCUT2D eigenvalue weighted by molar-refractivity contribution is -0.130. The number of ether oxygens (including phenoxy) is 1. The Morgan fingerprint density at radius 2 is 2.43 bits per heavy atom. The van der Waals surface area contributed by atoms with Gasteiger partial charge in [0.15, 0.2) is 0 Å². The minimum Gasteiger partial charge on any atom is -0.381 e.